The second kappa shape index (κ2) is 6.04. The lowest BCUT2D eigenvalue weighted by Gasteiger charge is -2.13. The van der Waals surface area contributed by atoms with Crippen LogP contribution in [0.3, 0.4) is 0 Å². The summed E-state index contributed by atoms with van der Waals surface area (Å²) in [6.07, 6.45) is 0. The zero-order valence-corrected chi connectivity index (χ0v) is 12.4. The highest BCUT2D eigenvalue weighted by Crippen LogP contribution is 2.21. The summed E-state index contributed by atoms with van der Waals surface area (Å²) in [5.74, 6) is 0. The van der Waals surface area contributed by atoms with Crippen LogP contribution in [0.4, 0.5) is 11.4 Å². The first kappa shape index (κ1) is 13.8. The van der Waals surface area contributed by atoms with Gasteiger partial charge in [-0.05, 0) is 55.4 Å². The summed E-state index contributed by atoms with van der Waals surface area (Å²) in [4.78, 5) is 0. The molecule has 0 aliphatic carbocycles. The van der Waals surface area contributed by atoms with E-state index in [4.69, 9.17) is 23.8 Å². The van der Waals surface area contributed by atoms with Crippen molar-refractivity contribution in [3.63, 3.8) is 0 Å². The number of halogens is 1. The molecule has 0 aromatic heterocycles. The molecule has 0 fully saturated rings. The van der Waals surface area contributed by atoms with Crippen molar-refractivity contribution in [3.8, 4) is 0 Å². The molecule has 0 atom stereocenters. The van der Waals surface area contributed by atoms with E-state index in [1.165, 1.54) is 5.56 Å². The van der Waals surface area contributed by atoms with Crippen molar-refractivity contribution >= 4 is 40.3 Å². The Kier molecular flexibility index (Phi) is 4.40. The minimum absolute atomic E-state index is 0.529. The van der Waals surface area contributed by atoms with E-state index in [0.717, 1.165) is 16.9 Å². The molecule has 0 spiro atoms. The maximum Gasteiger partial charge on any atom is 0.175 e. The first-order chi connectivity index (χ1) is 9.06. The molecule has 0 aliphatic heterocycles. The van der Waals surface area contributed by atoms with Crippen LogP contribution in [0, 0.1) is 13.8 Å². The highest BCUT2D eigenvalue weighted by molar-refractivity contribution is 7.80. The average Bonchev–Trinajstić information content (AvgIpc) is 2.37. The standard InChI is InChI=1S/C15H15ClN2S/c1-10-7-8-11(2)14(9-10)18-15(19)17-13-6-4-3-5-12(13)16/h3-9H,1-2H3,(H2,17,18,19). The van der Waals surface area contributed by atoms with Gasteiger partial charge in [0.15, 0.2) is 5.11 Å². The summed E-state index contributed by atoms with van der Waals surface area (Å²) < 4.78 is 0. The molecule has 98 valence electrons. The van der Waals surface area contributed by atoms with Gasteiger partial charge < -0.3 is 10.6 Å². The number of aryl methyl sites for hydroxylation is 2. The third-order valence-corrected chi connectivity index (χ3v) is 3.30. The van der Waals surface area contributed by atoms with Gasteiger partial charge in [0.2, 0.25) is 0 Å². The van der Waals surface area contributed by atoms with Crippen LogP contribution < -0.4 is 10.6 Å². The van der Waals surface area contributed by atoms with Gasteiger partial charge in [0.05, 0.1) is 10.7 Å². The molecule has 19 heavy (non-hydrogen) atoms. The van der Waals surface area contributed by atoms with Crippen LogP contribution >= 0.6 is 23.8 Å². The quantitative estimate of drug-likeness (QED) is 0.779. The monoisotopic (exact) mass is 290 g/mol. The number of hydrogen-bond donors (Lipinski definition) is 2. The van der Waals surface area contributed by atoms with E-state index < -0.39 is 0 Å². The minimum atomic E-state index is 0.529. The molecular weight excluding hydrogens is 276 g/mol. The van der Waals surface area contributed by atoms with Gasteiger partial charge in [0, 0.05) is 5.69 Å². The van der Waals surface area contributed by atoms with Crippen LogP contribution in [0.15, 0.2) is 42.5 Å². The Morgan fingerprint density at radius 1 is 1.00 bits per heavy atom. The fourth-order valence-electron chi connectivity index (χ4n) is 1.71. The second-order valence-electron chi connectivity index (χ2n) is 4.38. The van der Waals surface area contributed by atoms with E-state index in [-0.39, 0.29) is 0 Å². The lowest BCUT2D eigenvalue weighted by atomic mass is 10.1. The van der Waals surface area contributed by atoms with Crippen LogP contribution in [-0.4, -0.2) is 5.11 Å². The Bertz CT molecular complexity index is 611. The normalized spacial score (nSPS) is 10.1. The molecule has 0 aliphatic rings. The van der Waals surface area contributed by atoms with Gasteiger partial charge in [-0.15, -0.1) is 0 Å². The first-order valence-corrected chi connectivity index (χ1v) is 6.74. The molecule has 2 aromatic rings. The topological polar surface area (TPSA) is 24.1 Å². The molecule has 0 unspecified atom stereocenters. The zero-order valence-electron chi connectivity index (χ0n) is 10.8. The molecule has 0 amide bonds. The molecule has 0 heterocycles. The molecule has 2 rings (SSSR count). The van der Waals surface area contributed by atoms with E-state index in [2.05, 4.69) is 35.8 Å². The Morgan fingerprint density at radius 2 is 1.68 bits per heavy atom. The van der Waals surface area contributed by atoms with E-state index in [1.807, 2.05) is 31.2 Å². The summed E-state index contributed by atoms with van der Waals surface area (Å²) in [6, 6.07) is 13.7. The highest BCUT2D eigenvalue weighted by Gasteiger charge is 2.04. The molecule has 4 heteroatoms. The third-order valence-electron chi connectivity index (χ3n) is 2.76. The highest BCUT2D eigenvalue weighted by atomic mass is 35.5. The van der Waals surface area contributed by atoms with Gasteiger partial charge in [-0.1, -0.05) is 35.9 Å². The van der Waals surface area contributed by atoms with Crippen molar-refractivity contribution in [3.05, 3.63) is 58.6 Å². The molecule has 0 bridgehead atoms. The second-order valence-corrected chi connectivity index (χ2v) is 5.19. The lowest BCUT2D eigenvalue weighted by Crippen LogP contribution is -2.19. The van der Waals surface area contributed by atoms with Crippen molar-refractivity contribution in [1.82, 2.24) is 0 Å². The smallest absolute Gasteiger partial charge is 0.175 e. The predicted molar refractivity (Wildman–Crippen MR) is 87.2 cm³/mol. The van der Waals surface area contributed by atoms with E-state index in [1.54, 1.807) is 0 Å². The SMILES string of the molecule is Cc1ccc(C)c(NC(=S)Nc2ccccc2Cl)c1. The van der Waals surface area contributed by atoms with Gasteiger partial charge in [0.1, 0.15) is 0 Å². The van der Waals surface area contributed by atoms with Crippen molar-refractivity contribution in [2.24, 2.45) is 0 Å². The van der Waals surface area contributed by atoms with Gasteiger partial charge in [0.25, 0.3) is 0 Å². The number of thiocarbonyl (C=S) groups is 1. The van der Waals surface area contributed by atoms with Gasteiger partial charge in [-0.2, -0.15) is 0 Å². The Balaban J connectivity index is 2.10. The summed E-state index contributed by atoms with van der Waals surface area (Å²) in [5.41, 5.74) is 4.14. The Labute approximate surface area is 123 Å². The third kappa shape index (κ3) is 3.69. The number of anilines is 2. The van der Waals surface area contributed by atoms with E-state index >= 15 is 0 Å². The molecule has 2 nitrogen and oxygen atoms in total. The fraction of sp³-hybridized carbons (Fsp3) is 0.133. The molecule has 2 N–H and O–H groups in total. The van der Waals surface area contributed by atoms with Crippen molar-refractivity contribution < 1.29 is 0 Å². The lowest BCUT2D eigenvalue weighted by molar-refractivity contribution is 1.39. The molecule has 0 saturated carbocycles. The molecular formula is C15H15ClN2S. The maximum atomic E-state index is 6.08. The van der Waals surface area contributed by atoms with Gasteiger partial charge in [-0.25, -0.2) is 0 Å². The van der Waals surface area contributed by atoms with Crippen LogP contribution in [-0.2, 0) is 0 Å². The average molecular weight is 291 g/mol. The Hall–Kier alpha value is -1.58. The largest absolute Gasteiger partial charge is 0.332 e. The van der Waals surface area contributed by atoms with Crippen molar-refractivity contribution in [2.45, 2.75) is 13.8 Å². The fourth-order valence-corrected chi connectivity index (χ4v) is 2.11. The van der Waals surface area contributed by atoms with Crippen LogP contribution in [0.2, 0.25) is 5.02 Å². The Morgan fingerprint density at radius 3 is 2.42 bits per heavy atom. The number of hydrogen-bond acceptors (Lipinski definition) is 1. The van der Waals surface area contributed by atoms with E-state index in [9.17, 15) is 0 Å². The van der Waals surface area contributed by atoms with Crippen molar-refractivity contribution in [1.29, 1.82) is 0 Å². The van der Waals surface area contributed by atoms with Crippen LogP contribution in [0.1, 0.15) is 11.1 Å². The molecule has 0 radical (unpaired) electrons. The summed E-state index contributed by atoms with van der Waals surface area (Å²) in [6.45, 7) is 4.09. The summed E-state index contributed by atoms with van der Waals surface area (Å²) >= 11 is 11.4. The number of para-hydroxylation sites is 1. The van der Waals surface area contributed by atoms with E-state index in [0.29, 0.717) is 10.1 Å². The zero-order chi connectivity index (χ0) is 13.8. The van der Waals surface area contributed by atoms with Gasteiger partial charge >= 0.3 is 0 Å². The van der Waals surface area contributed by atoms with Gasteiger partial charge in [-0.3, -0.25) is 0 Å². The number of rotatable bonds is 2. The maximum absolute atomic E-state index is 6.08. The number of nitrogens with one attached hydrogen (secondary N) is 2. The predicted octanol–water partition coefficient (Wildman–Crippen LogP) is 4.77. The summed E-state index contributed by atoms with van der Waals surface area (Å²) in [5, 5.41) is 7.46. The van der Waals surface area contributed by atoms with Crippen molar-refractivity contribution in [2.75, 3.05) is 10.6 Å². The van der Waals surface area contributed by atoms with Crippen LogP contribution in [0.5, 0.6) is 0 Å². The van der Waals surface area contributed by atoms with Crippen LogP contribution in [0.25, 0.3) is 0 Å². The molecule has 2 aromatic carbocycles. The first-order valence-electron chi connectivity index (χ1n) is 5.96. The summed E-state index contributed by atoms with van der Waals surface area (Å²) in [7, 11) is 0. The minimum Gasteiger partial charge on any atom is -0.332 e. The number of benzene rings is 2. The molecule has 0 saturated heterocycles.